The molecule has 7 nitrogen and oxygen atoms in total. The van der Waals surface area contributed by atoms with Gasteiger partial charge in [0, 0.05) is 33.7 Å². The number of aromatic nitrogens is 1. The van der Waals surface area contributed by atoms with Crippen LogP contribution in [0, 0.1) is 6.92 Å². The van der Waals surface area contributed by atoms with E-state index in [0.717, 1.165) is 38.0 Å². The van der Waals surface area contributed by atoms with E-state index in [4.69, 9.17) is 4.74 Å². The van der Waals surface area contributed by atoms with E-state index in [2.05, 4.69) is 25.8 Å². The molecular weight excluding hydrogens is 534 g/mol. The number of anilines is 1. The van der Waals surface area contributed by atoms with Gasteiger partial charge in [-0.2, -0.15) is 0 Å². The van der Waals surface area contributed by atoms with Crippen LogP contribution in [0.3, 0.4) is 0 Å². The number of benzene rings is 3. The standard InChI is InChI=1S/C29H24BrN3O4/c1-19-7-13-23(14-8-19)37-16-4-15-32-18-20(24-5-2-3-6-26(24)32)17-25-27(34)31-29(36)33(28(25)35)22-11-9-21(30)10-12-22/h2-3,5-14,17-18H,4,15-16H2,1H3,(H,31,34,36)/b25-17-. The number of carbonyl (C=O) groups excluding carboxylic acids is 3. The molecule has 0 saturated carbocycles. The summed E-state index contributed by atoms with van der Waals surface area (Å²) in [4.78, 5) is 39.4. The van der Waals surface area contributed by atoms with Crippen LogP contribution < -0.4 is 15.0 Å². The van der Waals surface area contributed by atoms with Gasteiger partial charge in [-0.3, -0.25) is 14.9 Å². The van der Waals surface area contributed by atoms with Crippen molar-refractivity contribution in [3.8, 4) is 5.75 Å². The summed E-state index contributed by atoms with van der Waals surface area (Å²) in [6.45, 7) is 3.28. The van der Waals surface area contributed by atoms with Crippen LogP contribution in [0.15, 0.2) is 89.0 Å². The number of nitrogens with one attached hydrogen (secondary N) is 1. The number of aryl methyl sites for hydroxylation is 2. The van der Waals surface area contributed by atoms with Crippen molar-refractivity contribution in [2.24, 2.45) is 0 Å². The highest BCUT2D eigenvalue weighted by atomic mass is 79.9. The molecule has 3 aromatic carbocycles. The Labute approximate surface area is 222 Å². The zero-order valence-corrected chi connectivity index (χ0v) is 21.7. The molecule has 0 aliphatic carbocycles. The van der Waals surface area contributed by atoms with Crippen LogP contribution in [0.25, 0.3) is 17.0 Å². The molecule has 0 atom stereocenters. The molecule has 37 heavy (non-hydrogen) atoms. The molecule has 186 valence electrons. The maximum absolute atomic E-state index is 13.3. The van der Waals surface area contributed by atoms with Gasteiger partial charge in [-0.25, -0.2) is 9.69 Å². The Kier molecular flexibility index (Phi) is 6.92. The van der Waals surface area contributed by atoms with Crippen molar-refractivity contribution in [1.29, 1.82) is 0 Å². The average molecular weight is 558 g/mol. The summed E-state index contributed by atoms with van der Waals surface area (Å²) in [5.41, 5.74) is 3.16. The number of hydrogen-bond acceptors (Lipinski definition) is 4. The van der Waals surface area contributed by atoms with Gasteiger partial charge in [0.25, 0.3) is 11.8 Å². The third-order valence-electron chi connectivity index (χ3n) is 6.14. The highest BCUT2D eigenvalue weighted by Gasteiger charge is 2.37. The van der Waals surface area contributed by atoms with Gasteiger partial charge in [0.1, 0.15) is 11.3 Å². The van der Waals surface area contributed by atoms with Crippen molar-refractivity contribution in [3.05, 3.63) is 100 Å². The summed E-state index contributed by atoms with van der Waals surface area (Å²) in [7, 11) is 0. The van der Waals surface area contributed by atoms with Crippen LogP contribution in [0.4, 0.5) is 10.5 Å². The van der Waals surface area contributed by atoms with E-state index in [0.29, 0.717) is 18.8 Å². The molecule has 0 unspecified atom stereocenters. The van der Waals surface area contributed by atoms with E-state index in [-0.39, 0.29) is 5.57 Å². The molecule has 8 heteroatoms. The minimum absolute atomic E-state index is 0.104. The summed E-state index contributed by atoms with van der Waals surface area (Å²) >= 11 is 3.35. The van der Waals surface area contributed by atoms with Crippen molar-refractivity contribution in [2.45, 2.75) is 19.9 Å². The predicted octanol–water partition coefficient (Wildman–Crippen LogP) is 5.85. The van der Waals surface area contributed by atoms with E-state index < -0.39 is 17.8 Å². The largest absolute Gasteiger partial charge is 0.494 e. The summed E-state index contributed by atoms with van der Waals surface area (Å²) in [6, 6.07) is 21.7. The third-order valence-corrected chi connectivity index (χ3v) is 6.67. The normalized spacial score (nSPS) is 14.9. The number of barbiturate groups is 1. The molecular formula is C29H24BrN3O4. The summed E-state index contributed by atoms with van der Waals surface area (Å²) in [6.07, 6.45) is 4.25. The number of imide groups is 2. The Bertz CT molecular complexity index is 1520. The van der Waals surface area contributed by atoms with Gasteiger partial charge in [0.2, 0.25) is 0 Å². The summed E-state index contributed by atoms with van der Waals surface area (Å²) in [5.74, 6) is -0.550. The second-order valence-corrected chi connectivity index (χ2v) is 9.66. The quantitative estimate of drug-likeness (QED) is 0.175. The topological polar surface area (TPSA) is 80.6 Å². The highest BCUT2D eigenvalue weighted by Crippen LogP contribution is 2.27. The monoisotopic (exact) mass is 557 g/mol. The van der Waals surface area contributed by atoms with Crippen molar-refractivity contribution < 1.29 is 19.1 Å². The number of carbonyl (C=O) groups is 3. The lowest BCUT2D eigenvalue weighted by Gasteiger charge is -2.26. The first-order valence-corrected chi connectivity index (χ1v) is 12.6. The lowest BCUT2D eigenvalue weighted by Crippen LogP contribution is -2.54. The number of rotatable bonds is 7. The number of amides is 4. The zero-order chi connectivity index (χ0) is 25.9. The van der Waals surface area contributed by atoms with Gasteiger partial charge in [0.05, 0.1) is 12.3 Å². The van der Waals surface area contributed by atoms with Gasteiger partial charge >= 0.3 is 6.03 Å². The molecule has 0 radical (unpaired) electrons. The molecule has 1 N–H and O–H groups in total. The zero-order valence-electron chi connectivity index (χ0n) is 20.1. The molecule has 1 fully saturated rings. The molecule has 0 bridgehead atoms. The Hall–Kier alpha value is -4.17. The third kappa shape index (κ3) is 5.20. The molecule has 0 spiro atoms. The molecule has 1 aliphatic rings. The van der Waals surface area contributed by atoms with Gasteiger partial charge < -0.3 is 9.30 Å². The van der Waals surface area contributed by atoms with Crippen molar-refractivity contribution in [2.75, 3.05) is 11.5 Å². The Morgan fingerprint density at radius 2 is 1.68 bits per heavy atom. The SMILES string of the molecule is Cc1ccc(OCCCn2cc(/C=C3/C(=O)NC(=O)N(c4ccc(Br)cc4)C3=O)c3ccccc32)cc1. The van der Waals surface area contributed by atoms with Crippen LogP contribution in [0.1, 0.15) is 17.5 Å². The Morgan fingerprint density at radius 1 is 0.946 bits per heavy atom. The molecule has 5 rings (SSSR count). The first kappa shape index (κ1) is 24.5. The Morgan fingerprint density at radius 3 is 2.43 bits per heavy atom. The van der Waals surface area contributed by atoms with Crippen molar-refractivity contribution >= 4 is 56.4 Å². The molecule has 4 aromatic rings. The minimum Gasteiger partial charge on any atom is -0.494 e. The lowest BCUT2D eigenvalue weighted by molar-refractivity contribution is -0.122. The van der Waals surface area contributed by atoms with Gasteiger partial charge in [-0.05, 0) is 61.9 Å². The van der Waals surface area contributed by atoms with Crippen LogP contribution in [-0.4, -0.2) is 29.0 Å². The van der Waals surface area contributed by atoms with Crippen LogP contribution in [-0.2, 0) is 16.1 Å². The van der Waals surface area contributed by atoms with E-state index >= 15 is 0 Å². The van der Waals surface area contributed by atoms with Crippen LogP contribution in [0.5, 0.6) is 5.75 Å². The number of urea groups is 1. The fourth-order valence-electron chi connectivity index (χ4n) is 4.27. The van der Waals surface area contributed by atoms with Gasteiger partial charge in [-0.1, -0.05) is 51.8 Å². The molecule has 1 saturated heterocycles. The van der Waals surface area contributed by atoms with E-state index in [1.165, 1.54) is 5.56 Å². The Balaban J connectivity index is 1.39. The summed E-state index contributed by atoms with van der Waals surface area (Å²) in [5, 5.41) is 3.19. The van der Waals surface area contributed by atoms with Crippen LogP contribution in [0.2, 0.25) is 0 Å². The van der Waals surface area contributed by atoms with E-state index in [1.807, 2.05) is 61.7 Å². The molecule has 1 aliphatic heterocycles. The highest BCUT2D eigenvalue weighted by molar-refractivity contribution is 9.10. The van der Waals surface area contributed by atoms with Gasteiger partial charge in [-0.15, -0.1) is 0 Å². The fourth-order valence-corrected chi connectivity index (χ4v) is 4.54. The first-order chi connectivity index (χ1) is 17.9. The number of hydrogen-bond donors (Lipinski definition) is 1. The summed E-state index contributed by atoms with van der Waals surface area (Å²) < 4.78 is 8.76. The first-order valence-electron chi connectivity index (χ1n) is 11.8. The number of nitrogens with zero attached hydrogens (tertiary/aromatic N) is 2. The van der Waals surface area contributed by atoms with E-state index in [1.54, 1.807) is 30.3 Å². The predicted molar refractivity (Wildman–Crippen MR) is 146 cm³/mol. The lowest BCUT2D eigenvalue weighted by atomic mass is 10.1. The minimum atomic E-state index is -0.773. The molecule has 1 aromatic heterocycles. The molecule has 2 heterocycles. The number of fused-ring (bicyclic) bond motifs is 1. The number of halogens is 1. The number of ether oxygens (including phenoxy) is 1. The maximum Gasteiger partial charge on any atom is 0.335 e. The maximum atomic E-state index is 13.3. The average Bonchev–Trinajstić information content (AvgIpc) is 3.24. The molecule has 4 amide bonds. The number of para-hydroxylation sites is 1. The van der Waals surface area contributed by atoms with Crippen molar-refractivity contribution in [1.82, 2.24) is 9.88 Å². The van der Waals surface area contributed by atoms with Crippen molar-refractivity contribution in [3.63, 3.8) is 0 Å². The van der Waals surface area contributed by atoms with Gasteiger partial charge in [0.15, 0.2) is 0 Å². The second kappa shape index (κ2) is 10.4. The smallest absolute Gasteiger partial charge is 0.335 e. The van der Waals surface area contributed by atoms with E-state index in [9.17, 15) is 14.4 Å². The fraction of sp³-hybridized carbons (Fsp3) is 0.138. The van der Waals surface area contributed by atoms with Crippen LogP contribution >= 0.6 is 15.9 Å². The second-order valence-electron chi connectivity index (χ2n) is 8.74.